The quantitative estimate of drug-likeness (QED) is 0.716. The van der Waals surface area contributed by atoms with Crippen LogP contribution in [0.4, 0.5) is 0 Å². The summed E-state index contributed by atoms with van der Waals surface area (Å²) in [6.07, 6.45) is 4.39. The molecule has 0 radical (unpaired) electrons. The molecule has 1 aromatic carbocycles. The van der Waals surface area contributed by atoms with Crippen molar-refractivity contribution in [2.45, 2.75) is 13.5 Å². The van der Waals surface area contributed by atoms with Gasteiger partial charge in [0.05, 0.1) is 13.2 Å². The van der Waals surface area contributed by atoms with Crippen LogP contribution in [0.3, 0.4) is 0 Å². The van der Waals surface area contributed by atoms with Crippen LogP contribution in [0.5, 0.6) is 11.5 Å². The molecule has 0 amide bonds. The maximum absolute atomic E-state index is 10.7. The van der Waals surface area contributed by atoms with Crippen LogP contribution >= 0.6 is 0 Å². The summed E-state index contributed by atoms with van der Waals surface area (Å²) in [6.45, 7) is 3.56. The van der Waals surface area contributed by atoms with Crippen molar-refractivity contribution in [1.82, 2.24) is 9.78 Å². The number of hydrogen-bond acceptors (Lipinski definition) is 4. The number of aromatic nitrogens is 2. The number of hydrogen-bond donors (Lipinski definition) is 0. The van der Waals surface area contributed by atoms with Gasteiger partial charge in [-0.05, 0) is 31.2 Å². The number of rotatable bonds is 7. The molecule has 0 aliphatic heterocycles. The monoisotopic (exact) mass is 260 g/mol. The molecule has 0 aliphatic rings. The zero-order chi connectivity index (χ0) is 13.5. The number of carbonyl (C=O) groups is 1. The lowest BCUT2D eigenvalue weighted by molar-refractivity contribution is 0.112. The highest BCUT2D eigenvalue weighted by molar-refractivity contribution is 5.76. The molecular weight excluding hydrogens is 244 g/mol. The van der Waals surface area contributed by atoms with Crippen molar-refractivity contribution < 1.29 is 14.3 Å². The molecule has 0 N–H and O–H groups in total. The lowest BCUT2D eigenvalue weighted by Gasteiger charge is -2.12. The van der Waals surface area contributed by atoms with E-state index < -0.39 is 0 Å². The summed E-state index contributed by atoms with van der Waals surface area (Å²) in [5.41, 5.74) is 0.572. The third kappa shape index (κ3) is 3.58. The van der Waals surface area contributed by atoms with E-state index in [-0.39, 0.29) is 0 Å². The molecule has 2 rings (SSSR count). The third-order valence-corrected chi connectivity index (χ3v) is 2.54. The number of carbonyl (C=O) groups excluding carboxylic acids is 1. The van der Waals surface area contributed by atoms with E-state index in [1.54, 1.807) is 29.1 Å². The van der Waals surface area contributed by atoms with E-state index in [4.69, 9.17) is 9.47 Å². The zero-order valence-corrected chi connectivity index (χ0v) is 10.8. The minimum atomic E-state index is 0.488. The average Bonchev–Trinajstić information content (AvgIpc) is 2.94. The van der Waals surface area contributed by atoms with E-state index in [0.29, 0.717) is 36.8 Å². The molecule has 0 atom stereocenters. The fraction of sp³-hybridized carbons (Fsp3) is 0.286. The van der Waals surface area contributed by atoms with Gasteiger partial charge in [-0.3, -0.25) is 9.48 Å². The highest BCUT2D eigenvalue weighted by atomic mass is 16.5. The first kappa shape index (κ1) is 13.1. The van der Waals surface area contributed by atoms with Gasteiger partial charge in [0, 0.05) is 18.0 Å². The van der Waals surface area contributed by atoms with Crippen LogP contribution < -0.4 is 9.47 Å². The zero-order valence-electron chi connectivity index (χ0n) is 10.8. The van der Waals surface area contributed by atoms with E-state index >= 15 is 0 Å². The first-order valence-corrected chi connectivity index (χ1v) is 6.15. The van der Waals surface area contributed by atoms with Crippen LogP contribution in [-0.4, -0.2) is 29.3 Å². The fourth-order valence-electron chi connectivity index (χ4n) is 1.67. The molecule has 5 nitrogen and oxygen atoms in total. The Hall–Kier alpha value is -2.30. The minimum Gasteiger partial charge on any atom is -0.490 e. The summed E-state index contributed by atoms with van der Waals surface area (Å²) in [4.78, 5) is 10.7. The summed E-state index contributed by atoms with van der Waals surface area (Å²) in [6, 6.07) is 7.00. The molecule has 1 heterocycles. The summed E-state index contributed by atoms with van der Waals surface area (Å²) in [7, 11) is 0. The fourth-order valence-corrected chi connectivity index (χ4v) is 1.67. The average molecular weight is 260 g/mol. The summed E-state index contributed by atoms with van der Waals surface area (Å²) in [5.74, 6) is 1.23. The molecule has 0 fully saturated rings. The normalized spacial score (nSPS) is 10.2. The molecular formula is C14H16N2O3. The predicted octanol–water partition coefficient (Wildman–Crippen LogP) is 2.17. The molecule has 0 unspecified atom stereocenters. The second kappa shape index (κ2) is 6.58. The Labute approximate surface area is 111 Å². The van der Waals surface area contributed by atoms with Crippen molar-refractivity contribution in [3.8, 4) is 11.5 Å². The third-order valence-electron chi connectivity index (χ3n) is 2.54. The molecule has 1 aromatic heterocycles. The van der Waals surface area contributed by atoms with Gasteiger partial charge in [0.15, 0.2) is 11.5 Å². The van der Waals surface area contributed by atoms with E-state index in [9.17, 15) is 4.79 Å². The van der Waals surface area contributed by atoms with Crippen LogP contribution in [0.15, 0.2) is 36.7 Å². The number of benzene rings is 1. The highest BCUT2D eigenvalue weighted by Crippen LogP contribution is 2.28. The lowest BCUT2D eigenvalue weighted by Crippen LogP contribution is -2.09. The second-order valence-electron chi connectivity index (χ2n) is 3.87. The smallest absolute Gasteiger partial charge is 0.161 e. The molecule has 0 saturated carbocycles. The predicted molar refractivity (Wildman–Crippen MR) is 70.7 cm³/mol. The van der Waals surface area contributed by atoms with Crippen LogP contribution in [0.1, 0.15) is 17.3 Å². The van der Waals surface area contributed by atoms with E-state index in [1.807, 2.05) is 19.2 Å². The molecule has 0 spiro atoms. The largest absolute Gasteiger partial charge is 0.490 e. The number of aldehydes is 1. The highest BCUT2D eigenvalue weighted by Gasteiger charge is 2.06. The summed E-state index contributed by atoms with van der Waals surface area (Å²) >= 11 is 0. The second-order valence-corrected chi connectivity index (χ2v) is 3.87. The standard InChI is InChI=1S/C14H16N2O3/c1-2-18-14-10-12(11-17)4-5-13(14)19-9-8-16-7-3-6-15-16/h3-7,10-11H,2,8-9H2,1H3. The van der Waals surface area contributed by atoms with Crippen LogP contribution in [0.2, 0.25) is 0 Å². The van der Waals surface area contributed by atoms with Gasteiger partial charge in [0.25, 0.3) is 0 Å². The lowest BCUT2D eigenvalue weighted by atomic mass is 10.2. The summed E-state index contributed by atoms with van der Waals surface area (Å²) < 4.78 is 12.9. The Morgan fingerprint density at radius 1 is 1.32 bits per heavy atom. The molecule has 2 aromatic rings. The van der Waals surface area contributed by atoms with Gasteiger partial charge >= 0.3 is 0 Å². The number of nitrogens with zero attached hydrogens (tertiary/aromatic N) is 2. The number of ether oxygens (including phenoxy) is 2. The molecule has 19 heavy (non-hydrogen) atoms. The van der Waals surface area contributed by atoms with Gasteiger partial charge in [0.1, 0.15) is 12.9 Å². The van der Waals surface area contributed by atoms with E-state index in [0.717, 1.165) is 6.29 Å². The van der Waals surface area contributed by atoms with Crippen molar-refractivity contribution in [2.75, 3.05) is 13.2 Å². The Morgan fingerprint density at radius 3 is 2.89 bits per heavy atom. The maximum atomic E-state index is 10.7. The van der Waals surface area contributed by atoms with Crippen molar-refractivity contribution in [2.24, 2.45) is 0 Å². The Balaban J connectivity index is 2.00. The van der Waals surface area contributed by atoms with Gasteiger partial charge in [-0.1, -0.05) is 0 Å². The van der Waals surface area contributed by atoms with Gasteiger partial charge in [-0.25, -0.2) is 0 Å². The van der Waals surface area contributed by atoms with Crippen molar-refractivity contribution >= 4 is 6.29 Å². The van der Waals surface area contributed by atoms with Gasteiger partial charge in [0.2, 0.25) is 0 Å². The van der Waals surface area contributed by atoms with Crippen LogP contribution in [0, 0.1) is 0 Å². The Bertz CT molecular complexity index is 523. The molecule has 0 bridgehead atoms. The maximum Gasteiger partial charge on any atom is 0.161 e. The van der Waals surface area contributed by atoms with Gasteiger partial charge in [-0.15, -0.1) is 0 Å². The van der Waals surface area contributed by atoms with Crippen LogP contribution in [-0.2, 0) is 6.54 Å². The molecule has 100 valence electrons. The SMILES string of the molecule is CCOc1cc(C=O)ccc1OCCn1cccn1. The topological polar surface area (TPSA) is 53.4 Å². The van der Waals surface area contributed by atoms with E-state index in [2.05, 4.69) is 5.10 Å². The van der Waals surface area contributed by atoms with Crippen molar-refractivity contribution in [3.63, 3.8) is 0 Å². The van der Waals surface area contributed by atoms with E-state index in [1.165, 1.54) is 0 Å². The first-order chi connectivity index (χ1) is 9.33. The minimum absolute atomic E-state index is 0.488. The van der Waals surface area contributed by atoms with Gasteiger partial charge in [-0.2, -0.15) is 5.10 Å². The van der Waals surface area contributed by atoms with Crippen molar-refractivity contribution in [3.05, 3.63) is 42.2 Å². The van der Waals surface area contributed by atoms with Gasteiger partial charge < -0.3 is 9.47 Å². The summed E-state index contributed by atoms with van der Waals surface area (Å²) in [5, 5.41) is 4.09. The van der Waals surface area contributed by atoms with Crippen molar-refractivity contribution in [1.29, 1.82) is 0 Å². The first-order valence-electron chi connectivity index (χ1n) is 6.15. The molecule has 0 aliphatic carbocycles. The molecule has 0 saturated heterocycles. The molecule has 5 heteroatoms. The van der Waals surface area contributed by atoms with Crippen LogP contribution in [0.25, 0.3) is 0 Å². The Morgan fingerprint density at radius 2 is 2.21 bits per heavy atom. The Kier molecular flexibility index (Phi) is 4.55.